The second-order valence-corrected chi connectivity index (χ2v) is 13.4. The number of hydrogen-bond acceptors (Lipinski definition) is 10. The normalized spacial score (nSPS) is 16.4. The third-order valence-electron chi connectivity index (χ3n) is 8.63. The van der Waals surface area contributed by atoms with E-state index in [1.165, 1.54) is 31.7 Å². The summed E-state index contributed by atoms with van der Waals surface area (Å²) in [6.07, 6.45) is 14.2. The molecule has 11 nitrogen and oxygen atoms in total. The van der Waals surface area contributed by atoms with Gasteiger partial charge in [-0.2, -0.15) is 0 Å². The molecule has 1 atom stereocenters. The number of carbonyl (C=O) groups excluding carboxylic acids is 2. The van der Waals surface area contributed by atoms with Crippen molar-refractivity contribution in [3.05, 3.63) is 69.3 Å². The van der Waals surface area contributed by atoms with E-state index in [-0.39, 0.29) is 39.6 Å². The van der Waals surface area contributed by atoms with Crippen LogP contribution in [-0.4, -0.2) is 42.8 Å². The van der Waals surface area contributed by atoms with Gasteiger partial charge in [-0.1, -0.05) is 101 Å². The summed E-state index contributed by atoms with van der Waals surface area (Å²) in [5, 5.41) is 11.7. The summed E-state index contributed by atoms with van der Waals surface area (Å²) < 4.78 is 28.3. The highest BCUT2D eigenvalue weighted by molar-refractivity contribution is 6.40. The van der Waals surface area contributed by atoms with Crippen LogP contribution in [0.5, 0.6) is 11.5 Å². The van der Waals surface area contributed by atoms with Crippen LogP contribution in [0, 0.1) is 16.0 Å². The number of nitrogens with two attached hydrogens (primary N) is 1. The molecule has 12 heteroatoms. The van der Waals surface area contributed by atoms with Gasteiger partial charge in [0.1, 0.15) is 10.8 Å². The minimum absolute atomic E-state index is 0.0311. The molecule has 2 aromatic carbocycles. The molecule has 1 fully saturated rings. The first-order valence-electron chi connectivity index (χ1n) is 17.9. The van der Waals surface area contributed by atoms with E-state index in [2.05, 4.69) is 13.5 Å². The van der Waals surface area contributed by atoms with Crippen LogP contribution in [0.25, 0.3) is 0 Å². The van der Waals surface area contributed by atoms with E-state index >= 15 is 0 Å². The summed E-state index contributed by atoms with van der Waals surface area (Å²) in [6.45, 7) is 8.95. The van der Waals surface area contributed by atoms with Gasteiger partial charge >= 0.3 is 17.6 Å². The SMILES string of the molecule is C=C(Cl)C(=O)OCCCCCCCCCCC1COC(c2ccc(OC(=O)c3cc([N+](=O)[O-])c(O[C@H](C)CCCCCC)cc3N)cc2)OC1. The van der Waals surface area contributed by atoms with Crippen LogP contribution < -0.4 is 15.2 Å². The molecule has 50 heavy (non-hydrogen) atoms. The Hall–Kier alpha value is -3.67. The lowest BCUT2D eigenvalue weighted by Gasteiger charge is -2.29. The number of anilines is 1. The van der Waals surface area contributed by atoms with Crippen molar-refractivity contribution in [2.75, 3.05) is 25.6 Å². The molecule has 0 unspecified atom stereocenters. The summed E-state index contributed by atoms with van der Waals surface area (Å²) in [6, 6.07) is 9.22. The third kappa shape index (κ3) is 14.3. The van der Waals surface area contributed by atoms with Crippen molar-refractivity contribution < 1.29 is 38.2 Å². The van der Waals surface area contributed by atoms with E-state index in [1.807, 2.05) is 6.92 Å². The average molecular weight is 717 g/mol. The molecule has 0 aromatic heterocycles. The van der Waals surface area contributed by atoms with Crippen LogP contribution >= 0.6 is 11.6 Å². The molecule has 3 rings (SSSR count). The molecule has 0 amide bonds. The van der Waals surface area contributed by atoms with Crippen LogP contribution in [0.2, 0.25) is 0 Å². The van der Waals surface area contributed by atoms with Crippen LogP contribution in [0.15, 0.2) is 48.0 Å². The van der Waals surface area contributed by atoms with Gasteiger partial charge in [-0.3, -0.25) is 10.1 Å². The van der Waals surface area contributed by atoms with E-state index < -0.39 is 23.2 Å². The largest absolute Gasteiger partial charge is 0.484 e. The fourth-order valence-corrected chi connectivity index (χ4v) is 5.78. The summed E-state index contributed by atoms with van der Waals surface area (Å²) in [5.74, 6) is -0.713. The molecule has 1 aliphatic heterocycles. The van der Waals surface area contributed by atoms with Crippen molar-refractivity contribution >= 4 is 34.9 Å². The number of unbranched alkanes of at least 4 members (excludes halogenated alkanes) is 10. The Morgan fingerprint density at radius 3 is 2.22 bits per heavy atom. The van der Waals surface area contributed by atoms with Gasteiger partial charge in [0.15, 0.2) is 12.0 Å². The molecule has 0 radical (unpaired) electrons. The van der Waals surface area contributed by atoms with Crippen LogP contribution in [0.1, 0.15) is 126 Å². The molecule has 1 saturated heterocycles. The maximum atomic E-state index is 13.0. The molecular weight excluding hydrogens is 664 g/mol. The van der Waals surface area contributed by atoms with E-state index in [0.29, 0.717) is 25.7 Å². The molecule has 276 valence electrons. The van der Waals surface area contributed by atoms with Gasteiger partial charge in [-0.25, -0.2) is 9.59 Å². The molecule has 2 aromatic rings. The highest BCUT2D eigenvalue weighted by Gasteiger charge is 2.26. The molecule has 0 bridgehead atoms. The number of halogens is 1. The first-order chi connectivity index (χ1) is 24.1. The number of esters is 2. The summed E-state index contributed by atoms with van der Waals surface area (Å²) in [5.41, 5.74) is 6.51. The van der Waals surface area contributed by atoms with Gasteiger partial charge in [0.2, 0.25) is 0 Å². The summed E-state index contributed by atoms with van der Waals surface area (Å²) in [4.78, 5) is 35.4. The first kappa shape index (κ1) is 40.8. The number of nitrogens with zero attached hydrogens (tertiary/aromatic N) is 1. The van der Waals surface area contributed by atoms with Gasteiger partial charge in [0.05, 0.1) is 42.1 Å². The maximum absolute atomic E-state index is 13.0. The van der Waals surface area contributed by atoms with Crippen molar-refractivity contribution in [3.8, 4) is 11.5 Å². The van der Waals surface area contributed by atoms with Crippen molar-refractivity contribution in [1.82, 2.24) is 0 Å². The number of nitrogen functional groups attached to an aromatic ring is 1. The maximum Gasteiger partial charge on any atom is 0.349 e. The van der Waals surface area contributed by atoms with E-state index in [0.717, 1.165) is 75.8 Å². The Morgan fingerprint density at radius 2 is 1.60 bits per heavy atom. The molecule has 1 aliphatic rings. The predicted molar refractivity (Wildman–Crippen MR) is 193 cm³/mol. The van der Waals surface area contributed by atoms with Crippen LogP contribution in [-0.2, 0) is 19.0 Å². The monoisotopic (exact) mass is 716 g/mol. The number of rotatable bonds is 23. The lowest BCUT2D eigenvalue weighted by atomic mass is 10.0. The standard InChI is InChI=1S/C38H53ClN2O9/c1-4-5-6-13-16-27(2)49-35-24-33(40)32(23-34(35)41(44)45)37(43)50-31-20-18-30(19-21-31)38-47-25-29(26-48-38)17-14-11-9-7-8-10-12-15-22-46-36(42)28(3)39/h18-21,23-24,27,29,38H,3-17,22,25-26,40H2,1-2H3/t27-,29?,38?/m1/s1. The molecular formula is C38H53ClN2O9. The predicted octanol–water partition coefficient (Wildman–Crippen LogP) is 9.60. The van der Waals surface area contributed by atoms with Gasteiger partial charge in [0, 0.05) is 23.6 Å². The van der Waals surface area contributed by atoms with Gasteiger partial charge in [-0.05, 0) is 44.7 Å². The zero-order valence-corrected chi connectivity index (χ0v) is 30.3. The molecule has 1 heterocycles. The fourth-order valence-electron chi connectivity index (χ4n) is 5.73. The number of ether oxygens (including phenoxy) is 5. The molecule has 0 spiro atoms. The highest BCUT2D eigenvalue weighted by atomic mass is 35.5. The van der Waals surface area contributed by atoms with Gasteiger partial charge < -0.3 is 29.4 Å². The molecule has 0 saturated carbocycles. The zero-order valence-electron chi connectivity index (χ0n) is 29.5. The van der Waals surface area contributed by atoms with Gasteiger partial charge in [-0.15, -0.1) is 0 Å². The summed E-state index contributed by atoms with van der Waals surface area (Å²) >= 11 is 5.49. The number of benzene rings is 2. The third-order valence-corrected chi connectivity index (χ3v) is 8.79. The Morgan fingerprint density at radius 1 is 0.980 bits per heavy atom. The van der Waals surface area contributed by atoms with Crippen molar-refractivity contribution in [1.29, 1.82) is 0 Å². The topological polar surface area (TPSA) is 149 Å². The van der Waals surface area contributed by atoms with E-state index in [1.54, 1.807) is 24.3 Å². The zero-order chi connectivity index (χ0) is 36.3. The first-order valence-corrected chi connectivity index (χ1v) is 18.3. The molecule has 0 aliphatic carbocycles. The number of nitro groups is 1. The van der Waals surface area contributed by atoms with Crippen molar-refractivity contribution in [3.63, 3.8) is 0 Å². The lowest BCUT2D eigenvalue weighted by Crippen LogP contribution is -2.27. The van der Waals surface area contributed by atoms with E-state index in [9.17, 15) is 19.7 Å². The van der Waals surface area contributed by atoms with Crippen LogP contribution in [0.3, 0.4) is 0 Å². The minimum Gasteiger partial charge on any atom is -0.484 e. The Kier molecular flexibility index (Phi) is 18.1. The Balaban J connectivity index is 1.36. The van der Waals surface area contributed by atoms with Crippen molar-refractivity contribution in [2.45, 2.75) is 116 Å². The number of carbonyl (C=O) groups is 2. The fraction of sp³-hybridized carbons (Fsp3) is 0.579. The highest BCUT2D eigenvalue weighted by Crippen LogP contribution is 2.34. The Bertz CT molecular complexity index is 1380. The lowest BCUT2D eigenvalue weighted by molar-refractivity contribution is -0.386. The quantitative estimate of drug-likeness (QED) is 0.0224. The van der Waals surface area contributed by atoms with Crippen LogP contribution in [0.4, 0.5) is 11.4 Å². The Labute approximate surface area is 300 Å². The van der Waals surface area contributed by atoms with E-state index in [4.69, 9.17) is 41.0 Å². The van der Waals surface area contributed by atoms with Gasteiger partial charge in [0.25, 0.3) is 0 Å². The average Bonchev–Trinajstić information content (AvgIpc) is 3.09. The second kappa shape index (κ2) is 22.2. The minimum atomic E-state index is -0.805. The number of nitro benzene ring substituents is 1. The summed E-state index contributed by atoms with van der Waals surface area (Å²) in [7, 11) is 0. The molecule has 2 N–H and O–H groups in total. The number of hydrogen-bond donors (Lipinski definition) is 1. The second-order valence-electron chi connectivity index (χ2n) is 12.9. The van der Waals surface area contributed by atoms with Crippen molar-refractivity contribution in [2.24, 2.45) is 5.92 Å². The smallest absolute Gasteiger partial charge is 0.349 e.